The Labute approximate surface area is 138 Å². The van der Waals surface area contributed by atoms with Gasteiger partial charge < -0.3 is 10.0 Å². The third kappa shape index (κ3) is 3.11. The first-order valence-electron chi connectivity index (χ1n) is 7.47. The molecule has 3 rings (SSSR count). The van der Waals surface area contributed by atoms with Crippen molar-refractivity contribution in [1.29, 1.82) is 5.26 Å². The fourth-order valence-corrected chi connectivity index (χ4v) is 4.08. The normalized spacial score (nSPS) is 21.0. The summed E-state index contributed by atoms with van der Waals surface area (Å²) in [6, 6.07) is 7.13. The Morgan fingerprint density at radius 2 is 2.30 bits per heavy atom. The number of carbonyl (C=O) groups is 1. The number of amides is 1. The number of piperidine rings is 1. The molecule has 1 saturated heterocycles. The van der Waals surface area contributed by atoms with Crippen LogP contribution in [0.4, 0.5) is 0 Å². The number of likely N-dealkylation sites (tertiary alicyclic amines) is 1. The monoisotopic (exact) mass is 327 g/mol. The molecule has 0 unspecified atom stereocenters. The van der Waals surface area contributed by atoms with Crippen LogP contribution in [0.1, 0.15) is 38.8 Å². The Bertz CT molecular complexity index is 748. The molecule has 1 fully saturated rings. The summed E-state index contributed by atoms with van der Waals surface area (Å²) in [5.74, 6) is -0.0551. The highest BCUT2D eigenvalue weighted by Gasteiger charge is 2.32. The van der Waals surface area contributed by atoms with E-state index in [4.69, 9.17) is 5.26 Å². The molecule has 0 saturated carbocycles. The van der Waals surface area contributed by atoms with Crippen molar-refractivity contribution < 1.29 is 9.90 Å². The van der Waals surface area contributed by atoms with E-state index in [0.29, 0.717) is 18.7 Å². The highest BCUT2D eigenvalue weighted by molar-refractivity contribution is 7.10. The van der Waals surface area contributed by atoms with Gasteiger partial charge in [0.15, 0.2) is 0 Å². The van der Waals surface area contributed by atoms with Crippen LogP contribution in [0.3, 0.4) is 0 Å². The van der Waals surface area contributed by atoms with Gasteiger partial charge >= 0.3 is 0 Å². The van der Waals surface area contributed by atoms with Gasteiger partial charge in [0.1, 0.15) is 11.8 Å². The smallest absolute Gasteiger partial charge is 0.255 e. The maximum atomic E-state index is 12.5. The van der Waals surface area contributed by atoms with Crippen LogP contribution in [-0.2, 0) is 0 Å². The number of nitriles is 1. The molecule has 0 spiro atoms. The fraction of sp³-hybridized carbons (Fsp3) is 0.353. The van der Waals surface area contributed by atoms with E-state index in [0.717, 1.165) is 6.42 Å². The molecule has 1 amide bonds. The van der Waals surface area contributed by atoms with E-state index in [9.17, 15) is 9.90 Å². The van der Waals surface area contributed by atoms with Gasteiger partial charge in [-0.05, 0) is 42.5 Å². The average molecular weight is 327 g/mol. The molecule has 0 bridgehead atoms. The van der Waals surface area contributed by atoms with Crippen LogP contribution in [0.15, 0.2) is 29.8 Å². The number of β-amino-alcohol motifs (C(OH)–C–C–N with tert-alkyl or cyclic N) is 1. The predicted molar refractivity (Wildman–Crippen MR) is 87.3 cm³/mol. The van der Waals surface area contributed by atoms with Crippen molar-refractivity contribution >= 4 is 17.2 Å². The fourth-order valence-electron chi connectivity index (χ4n) is 2.96. The van der Waals surface area contributed by atoms with Gasteiger partial charge in [-0.15, -0.1) is 11.3 Å². The third-order valence-electron chi connectivity index (χ3n) is 4.23. The molecule has 2 aromatic rings. The predicted octanol–water partition coefficient (Wildman–Crippen LogP) is 2.31. The number of thiophene rings is 1. The number of hydrogen-bond acceptors (Lipinski definition) is 5. The number of nitrogens with zero attached hydrogens (tertiary/aromatic N) is 3. The maximum Gasteiger partial charge on any atom is 0.255 e. The van der Waals surface area contributed by atoms with Crippen LogP contribution in [0.25, 0.3) is 0 Å². The van der Waals surface area contributed by atoms with Crippen molar-refractivity contribution in [3.8, 4) is 6.07 Å². The largest absolute Gasteiger partial charge is 0.391 e. The van der Waals surface area contributed by atoms with Crippen molar-refractivity contribution in [1.82, 2.24) is 9.88 Å². The molecule has 1 aliphatic heterocycles. The molecule has 23 heavy (non-hydrogen) atoms. The molecule has 0 aromatic carbocycles. The molecule has 3 heterocycles. The van der Waals surface area contributed by atoms with Crippen LogP contribution in [0.2, 0.25) is 0 Å². The number of rotatable bonds is 2. The Morgan fingerprint density at radius 1 is 1.48 bits per heavy atom. The van der Waals surface area contributed by atoms with E-state index >= 15 is 0 Å². The zero-order valence-electron chi connectivity index (χ0n) is 12.8. The van der Waals surface area contributed by atoms with E-state index in [1.807, 2.05) is 11.4 Å². The Hall–Kier alpha value is -2.23. The van der Waals surface area contributed by atoms with Crippen molar-refractivity contribution in [3.63, 3.8) is 0 Å². The van der Waals surface area contributed by atoms with Gasteiger partial charge in [0.05, 0.1) is 11.7 Å². The van der Waals surface area contributed by atoms with Crippen LogP contribution < -0.4 is 0 Å². The second kappa shape index (κ2) is 6.49. The summed E-state index contributed by atoms with van der Waals surface area (Å²) in [6.45, 7) is 2.98. The van der Waals surface area contributed by atoms with E-state index < -0.39 is 6.10 Å². The highest BCUT2D eigenvalue weighted by atomic mass is 32.1. The Morgan fingerprint density at radius 3 is 2.87 bits per heavy atom. The lowest BCUT2D eigenvalue weighted by Crippen LogP contribution is -2.45. The minimum absolute atomic E-state index is 0.0955. The first kappa shape index (κ1) is 15.7. The first-order valence-corrected chi connectivity index (χ1v) is 8.35. The van der Waals surface area contributed by atoms with Gasteiger partial charge in [0.25, 0.3) is 5.91 Å². The quantitative estimate of drug-likeness (QED) is 0.918. The van der Waals surface area contributed by atoms with E-state index in [2.05, 4.69) is 18.0 Å². The number of carbonyl (C=O) groups excluding carboxylic acids is 1. The summed E-state index contributed by atoms with van der Waals surface area (Å²) >= 11 is 1.67. The lowest BCUT2D eigenvalue weighted by molar-refractivity contribution is 0.0386. The van der Waals surface area contributed by atoms with Gasteiger partial charge in [0.2, 0.25) is 0 Å². The topological polar surface area (TPSA) is 77.2 Å². The number of aliphatic hydroxyl groups is 1. The first-order chi connectivity index (χ1) is 11.1. The second-order valence-electron chi connectivity index (χ2n) is 5.73. The molecule has 0 aliphatic carbocycles. The summed E-state index contributed by atoms with van der Waals surface area (Å²) in [7, 11) is 0. The van der Waals surface area contributed by atoms with Crippen molar-refractivity contribution in [2.45, 2.75) is 25.4 Å². The lowest BCUT2D eigenvalue weighted by Gasteiger charge is -2.36. The summed E-state index contributed by atoms with van der Waals surface area (Å²) in [5, 5.41) is 21.3. The standard InChI is InChI=1S/C17H17N3O2S/c1-11-5-7-23-16(11)14-4-6-20(10-15(14)21)17(22)12-2-3-13(8-18)19-9-12/h2-3,5,7,9,14-15,21H,4,6,10H2,1H3/t14-,15-/m0/s1. The molecule has 2 atom stereocenters. The van der Waals surface area contributed by atoms with E-state index in [1.165, 1.54) is 22.7 Å². The lowest BCUT2D eigenvalue weighted by atomic mass is 9.90. The maximum absolute atomic E-state index is 12.5. The number of hydrogen-bond donors (Lipinski definition) is 1. The zero-order chi connectivity index (χ0) is 16.4. The SMILES string of the molecule is Cc1ccsc1[C@H]1CCN(C(=O)c2ccc(C#N)nc2)C[C@@H]1O. The summed E-state index contributed by atoms with van der Waals surface area (Å²) in [6.07, 6.45) is 1.61. The molecule has 5 nitrogen and oxygen atoms in total. The Kier molecular flexibility index (Phi) is 4.42. The van der Waals surface area contributed by atoms with Crippen LogP contribution in [0.5, 0.6) is 0 Å². The van der Waals surface area contributed by atoms with E-state index in [1.54, 1.807) is 22.3 Å². The third-order valence-corrected chi connectivity index (χ3v) is 5.38. The van der Waals surface area contributed by atoms with Crippen molar-refractivity contribution in [2.24, 2.45) is 0 Å². The summed E-state index contributed by atoms with van der Waals surface area (Å²) in [5.41, 5.74) is 1.94. The van der Waals surface area contributed by atoms with Crippen molar-refractivity contribution in [2.75, 3.05) is 13.1 Å². The number of aryl methyl sites for hydroxylation is 1. The highest BCUT2D eigenvalue weighted by Crippen LogP contribution is 2.34. The van der Waals surface area contributed by atoms with Gasteiger partial charge in [0, 0.05) is 30.1 Å². The van der Waals surface area contributed by atoms with E-state index in [-0.39, 0.29) is 17.5 Å². The molecule has 1 aliphatic rings. The molecule has 0 radical (unpaired) electrons. The zero-order valence-corrected chi connectivity index (χ0v) is 13.6. The van der Waals surface area contributed by atoms with Crippen molar-refractivity contribution in [3.05, 3.63) is 51.5 Å². The van der Waals surface area contributed by atoms with Crippen LogP contribution in [0, 0.1) is 18.3 Å². The summed E-state index contributed by atoms with van der Waals surface area (Å²) < 4.78 is 0. The number of aliphatic hydroxyl groups excluding tert-OH is 1. The minimum atomic E-state index is -0.559. The average Bonchev–Trinajstić information content (AvgIpc) is 3.00. The van der Waals surface area contributed by atoms with Crippen LogP contribution >= 0.6 is 11.3 Å². The minimum Gasteiger partial charge on any atom is -0.391 e. The second-order valence-corrected chi connectivity index (χ2v) is 6.67. The molecular formula is C17H17N3O2S. The van der Waals surface area contributed by atoms with Crippen LogP contribution in [-0.4, -0.2) is 40.1 Å². The van der Waals surface area contributed by atoms with Gasteiger partial charge in [-0.1, -0.05) is 0 Å². The molecular weight excluding hydrogens is 310 g/mol. The number of pyridine rings is 1. The molecule has 2 aromatic heterocycles. The van der Waals surface area contributed by atoms with Gasteiger partial charge in [-0.3, -0.25) is 4.79 Å². The van der Waals surface area contributed by atoms with Gasteiger partial charge in [-0.2, -0.15) is 5.26 Å². The molecule has 6 heteroatoms. The molecule has 1 N–H and O–H groups in total. The number of aromatic nitrogens is 1. The van der Waals surface area contributed by atoms with Gasteiger partial charge in [-0.25, -0.2) is 4.98 Å². The Balaban J connectivity index is 1.70. The molecule has 118 valence electrons. The summed E-state index contributed by atoms with van der Waals surface area (Å²) in [4.78, 5) is 19.3.